The van der Waals surface area contributed by atoms with Crippen molar-refractivity contribution >= 4 is 5.91 Å². The van der Waals surface area contributed by atoms with Crippen molar-refractivity contribution in [2.24, 2.45) is 11.7 Å². The Kier molecular flexibility index (Phi) is 3.47. The Hall–Kier alpha value is -1.36. The largest absolute Gasteiger partial charge is 0.344 e. The monoisotopic (exact) mass is 210 g/mol. The van der Waals surface area contributed by atoms with Gasteiger partial charge in [0.1, 0.15) is 5.69 Å². The minimum atomic E-state index is -0.387. The van der Waals surface area contributed by atoms with Gasteiger partial charge in [0.25, 0.3) is 5.91 Å². The highest BCUT2D eigenvalue weighted by molar-refractivity contribution is 5.92. The number of H-pyrrole nitrogens is 1. The van der Waals surface area contributed by atoms with Crippen molar-refractivity contribution in [3.63, 3.8) is 0 Å². The zero-order chi connectivity index (χ0) is 11.5. The van der Waals surface area contributed by atoms with Crippen molar-refractivity contribution in [1.29, 1.82) is 0 Å². The summed E-state index contributed by atoms with van der Waals surface area (Å²) in [5.74, 6) is 0.100. The molecule has 84 valence electrons. The standard InChI is InChI=1S/C10H18N4O/c1-7(2)10(3,6-11)13-9(15)8-4-5-12-14-8/h4-5,7H,6,11H2,1-3H3,(H,12,14)(H,13,15). The third-order valence-electron chi connectivity index (χ3n) is 2.84. The van der Waals surface area contributed by atoms with Gasteiger partial charge in [0.2, 0.25) is 0 Å². The van der Waals surface area contributed by atoms with E-state index in [0.717, 1.165) is 0 Å². The molecule has 5 heteroatoms. The van der Waals surface area contributed by atoms with Crippen LogP contribution in [0.3, 0.4) is 0 Å². The Morgan fingerprint density at radius 2 is 2.40 bits per heavy atom. The van der Waals surface area contributed by atoms with Gasteiger partial charge in [0.15, 0.2) is 0 Å². The Labute approximate surface area is 89.4 Å². The molecule has 0 aliphatic rings. The van der Waals surface area contributed by atoms with E-state index >= 15 is 0 Å². The van der Waals surface area contributed by atoms with Crippen LogP contribution in [0.4, 0.5) is 0 Å². The van der Waals surface area contributed by atoms with Crippen molar-refractivity contribution in [2.45, 2.75) is 26.3 Å². The van der Waals surface area contributed by atoms with E-state index in [-0.39, 0.29) is 17.4 Å². The molecule has 0 aromatic carbocycles. The van der Waals surface area contributed by atoms with E-state index in [2.05, 4.69) is 15.5 Å². The second kappa shape index (κ2) is 4.44. The van der Waals surface area contributed by atoms with Gasteiger partial charge in [-0.2, -0.15) is 5.10 Å². The molecule has 1 aromatic rings. The maximum atomic E-state index is 11.7. The predicted molar refractivity (Wildman–Crippen MR) is 58.4 cm³/mol. The lowest BCUT2D eigenvalue weighted by Gasteiger charge is -2.33. The molecule has 5 nitrogen and oxygen atoms in total. The van der Waals surface area contributed by atoms with Crippen LogP contribution in [0.2, 0.25) is 0 Å². The molecule has 1 unspecified atom stereocenters. The highest BCUT2D eigenvalue weighted by Gasteiger charge is 2.29. The molecule has 0 saturated heterocycles. The van der Waals surface area contributed by atoms with E-state index in [1.165, 1.54) is 0 Å². The molecule has 4 N–H and O–H groups in total. The van der Waals surface area contributed by atoms with E-state index in [1.807, 2.05) is 20.8 Å². The summed E-state index contributed by atoms with van der Waals surface area (Å²) in [7, 11) is 0. The fraction of sp³-hybridized carbons (Fsp3) is 0.600. The van der Waals surface area contributed by atoms with Gasteiger partial charge in [0, 0.05) is 12.7 Å². The van der Waals surface area contributed by atoms with Crippen LogP contribution in [0.1, 0.15) is 31.3 Å². The summed E-state index contributed by atoms with van der Waals surface area (Å²) in [6.07, 6.45) is 1.55. The van der Waals surface area contributed by atoms with Crippen LogP contribution < -0.4 is 11.1 Å². The van der Waals surface area contributed by atoms with Crippen LogP contribution >= 0.6 is 0 Å². The van der Waals surface area contributed by atoms with Gasteiger partial charge in [-0.15, -0.1) is 0 Å². The van der Waals surface area contributed by atoms with Gasteiger partial charge < -0.3 is 11.1 Å². The summed E-state index contributed by atoms with van der Waals surface area (Å²) in [6.45, 7) is 6.40. The summed E-state index contributed by atoms with van der Waals surface area (Å²) < 4.78 is 0. The molecular formula is C10H18N4O. The second-order valence-corrected chi connectivity index (χ2v) is 4.20. The molecule has 0 aliphatic carbocycles. The number of nitrogens with two attached hydrogens (primary N) is 1. The lowest BCUT2D eigenvalue weighted by Crippen LogP contribution is -2.55. The van der Waals surface area contributed by atoms with Crippen molar-refractivity contribution in [2.75, 3.05) is 6.54 Å². The lowest BCUT2D eigenvalue weighted by atomic mass is 9.88. The number of aromatic nitrogens is 2. The molecule has 15 heavy (non-hydrogen) atoms. The van der Waals surface area contributed by atoms with E-state index in [0.29, 0.717) is 12.2 Å². The summed E-state index contributed by atoms with van der Waals surface area (Å²) in [5, 5.41) is 9.26. The molecule has 1 aromatic heterocycles. The average Bonchev–Trinajstić information content (AvgIpc) is 2.70. The third-order valence-corrected chi connectivity index (χ3v) is 2.84. The predicted octanol–water partition coefficient (Wildman–Crippen LogP) is 0.513. The van der Waals surface area contributed by atoms with Gasteiger partial charge in [-0.05, 0) is 18.9 Å². The first-order valence-electron chi connectivity index (χ1n) is 5.01. The summed E-state index contributed by atoms with van der Waals surface area (Å²) in [4.78, 5) is 11.7. The Morgan fingerprint density at radius 1 is 1.73 bits per heavy atom. The SMILES string of the molecule is CC(C)C(C)(CN)NC(=O)c1ccn[nH]1. The first kappa shape index (κ1) is 11.7. The van der Waals surface area contributed by atoms with E-state index in [9.17, 15) is 4.79 Å². The van der Waals surface area contributed by atoms with Crippen LogP contribution in [-0.4, -0.2) is 28.2 Å². The lowest BCUT2D eigenvalue weighted by molar-refractivity contribution is 0.0878. The molecule has 0 aliphatic heterocycles. The van der Waals surface area contributed by atoms with Gasteiger partial charge in [0.05, 0.1) is 5.54 Å². The highest BCUT2D eigenvalue weighted by atomic mass is 16.2. The van der Waals surface area contributed by atoms with Gasteiger partial charge in [-0.1, -0.05) is 13.8 Å². The molecule has 0 radical (unpaired) electrons. The molecule has 0 bridgehead atoms. The zero-order valence-electron chi connectivity index (χ0n) is 9.37. The normalized spacial score (nSPS) is 15.0. The maximum Gasteiger partial charge on any atom is 0.269 e. The topological polar surface area (TPSA) is 83.8 Å². The van der Waals surface area contributed by atoms with Crippen molar-refractivity contribution in [3.05, 3.63) is 18.0 Å². The zero-order valence-corrected chi connectivity index (χ0v) is 9.37. The van der Waals surface area contributed by atoms with Crippen LogP contribution in [0, 0.1) is 5.92 Å². The number of carbonyl (C=O) groups is 1. The van der Waals surface area contributed by atoms with Crippen LogP contribution in [0.5, 0.6) is 0 Å². The third kappa shape index (κ3) is 2.56. The van der Waals surface area contributed by atoms with Gasteiger partial charge in [-0.25, -0.2) is 0 Å². The fourth-order valence-electron chi connectivity index (χ4n) is 1.14. The quantitative estimate of drug-likeness (QED) is 0.677. The fourth-order valence-corrected chi connectivity index (χ4v) is 1.14. The summed E-state index contributed by atoms with van der Waals surface area (Å²) in [5.41, 5.74) is 5.74. The van der Waals surface area contributed by atoms with E-state index < -0.39 is 0 Å². The second-order valence-electron chi connectivity index (χ2n) is 4.20. The number of nitrogens with one attached hydrogen (secondary N) is 2. The Balaban J connectivity index is 2.72. The molecule has 1 rings (SSSR count). The molecule has 1 atom stereocenters. The first-order chi connectivity index (χ1) is 6.99. The molecular weight excluding hydrogens is 192 g/mol. The Morgan fingerprint density at radius 3 is 2.80 bits per heavy atom. The molecule has 0 spiro atoms. The smallest absolute Gasteiger partial charge is 0.269 e. The number of nitrogens with zero attached hydrogens (tertiary/aromatic N) is 1. The van der Waals surface area contributed by atoms with Crippen LogP contribution in [-0.2, 0) is 0 Å². The minimum absolute atomic E-state index is 0.172. The van der Waals surface area contributed by atoms with Crippen molar-refractivity contribution < 1.29 is 4.79 Å². The number of amides is 1. The molecule has 0 saturated carbocycles. The number of hydrogen-bond donors (Lipinski definition) is 3. The van der Waals surface area contributed by atoms with E-state index in [1.54, 1.807) is 12.3 Å². The average molecular weight is 210 g/mol. The van der Waals surface area contributed by atoms with Crippen LogP contribution in [0.25, 0.3) is 0 Å². The van der Waals surface area contributed by atoms with Crippen molar-refractivity contribution in [3.8, 4) is 0 Å². The van der Waals surface area contributed by atoms with Crippen molar-refractivity contribution in [1.82, 2.24) is 15.5 Å². The van der Waals surface area contributed by atoms with Gasteiger partial charge >= 0.3 is 0 Å². The van der Waals surface area contributed by atoms with E-state index in [4.69, 9.17) is 5.73 Å². The number of aromatic amines is 1. The van der Waals surface area contributed by atoms with Crippen LogP contribution in [0.15, 0.2) is 12.3 Å². The molecule has 1 amide bonds. The number of hydrogen-bond acceptors (Lipinski definition) is 3. The minimum Gasteiger partial charge on any atom is -0.344 e. The number of carbonyl (C=O) groups excluding carboxylic acids is 1. The molecule has 1 heterocycles. The van der Waals surface area contributed by atoms with Gasteiger partial charge in [-0.3, -0.25) is 9.89 Å². The maximum absolute atomic E-state index is 11.7. The number of rotatable bonds is 4. The highest BCUT2D eigenvalue weighted by Crippen LogP contribution is 2.15. The Bertz CT molecular complexity index is 320. The molecule has 0 fully saturated rings. The summed E-state index contributed by atoms with van der Waals surface area (Å²) >= 11 is 0. The summed E-state index contributed by atoms with van der Waals surface area (Å²) in [6, 6.07) is 1.63. The first-order valence-corrected chi connectivity index (χ1v) is 5.01.